The van der Waals surface area contributed by atoms with Crippen molar-refractivity contribution < 1.29 is 17.9 Å². The molecule has 1 amide bonds. The minimum absolute atomic E-state index is 0.00339. The van der Waals surface area contributed by atoms with Gasteiger partial charge in [0.25, 0.3) is 10.0 Å². The van der Waals surface area contributed by atoms with Crippen LogP contribution in [0.5, 0.6) is 5.75 Å². The second-order valence-corrected chi connectivity index (χ2v) is 8.66. The fourth-order valence-corrected chi connectivity index (χ4v) is 4.03. The molecule has 5 nitrogen and oxygen atoms in total. The van der Waals surface area contributed by atoms with Gasteiger partial charge in [-0.1, -0.05) is 38.1 Å². The smallest absolute Gasteiger partial charge is 0.264 e. The Kier molecular flexibility index (Phi) is 6.83. The number of nitrogens with one attached hydrogen (secondary N) is 1. The molecule has 2 aromatic carbocycles. The lowest BCUT2D eigenvalue weighted by atomic mass is 10.0. The van der Waals surface area contributed by atoms with Crippen LogP contribution in [0.3, 0.4) is 0 Å². The highest BCUT2D eigenvalue weighted by molar-refractivity contribution is 9.10. The standard InChI is InChI=1S/C19H22BrNO4S/c1-4-25-18-10-9-16(12-17(18)20)26(23,24)21-19(22)11-14-5-7-15(8-6-14)13(2)3/h5-10,12-13H,4,11H2,1-3H3,(H,21,22). The third kappa shape index (κ3) is 5.32. The van der Waals surface area contributed by atoms with Crippen LogP contribution in [0.15, 0.2) is 51.8 Å². The lowest BCUT2D eigenvalue weighted by Gasteiger charge is -2.10. The van der Waals surface area contributed by atoms with Gasteiger partial charge in [0.1, 0.15) is 5.75 Å². The molecule has 7 heteroatoms. The third-order valence-corrected chi connectivity index (χ3v) is 5.76. The van der Waals surface area contributed by atoms with Crippen molar-refractivity contribution in [2.45, 2.75) is 38.0 Å². The van der Waals surface area contributed by atoms with Crippen LogP contribution in [0.1, 0.15) is 37.8 Å². The van der Waals surface area contributed by atoms with E-state index in [0.717, 1.165) is 5.56 Å². The van der Waals surface area contributed by atoms with Crippen LogP contribution in [0.4, 0.5) is 0 Å². The zero-order valence-corrected chi connectivity index (χ0v) is 17.4. The van der Waals surface area contributed by atoms with Crippen LogP contribution >= 0.6 is 15.9 Å². The third-order valence-electron chi connectivity index (χ3n) is 3.77. The summed E-state index contributed by atoms with van der Waals surface area (Å²) in [5.74, 6) is 0.367. The Bertz CT molecular complexity index is 877. The molecule has 0 unspecified atom stereocenters. The Morgan fingerprint density at radius 3 is 2.35 bits per heavy atom. The molecule has 0 atom stereocenters. The largest absolute Gasteiger partial charge is 0.493 e. The molecular formula is C19H22BrNO4S. The Labute approximate surface area is 162 Å². The van der Waals surface area contributed by atoms with E-state index in [2.05, 4.69) is 34.5 Å². The molecule has 0 saturated carbocycles. The first-order valence-corrected chi connectivity index (χ1v) is 10.6. The van der Waals surface area contributed by atoms with Gasteiger partial charge < -0.3 is 4.74 Å². The maximum atomic E-state index is 12.4. The van der Waals surface area contributed by atoms with Gasteiger partial charge in [-0.2, -0.15) is 0 Å². The average molecular weight is 440 g/mol. The number of rotatable bonds is 7. The van der Waals surface area contributed by atoms with Crippen molar-refractivity contribution in [1.29, 1.82) is 0 Å². The SMILES string of the molecule is CCOc1ccc(S(=O)(=O)NC(=O)Cc2ccc(C(C)C)cc2)cc1Br. The highest BCUT2D eigenvalue weighted by Crippen LogP contribution is 2.27. The summed E-state index contributed by atoms with van der Waals surface area (Å²) in [5, 5.41) is 0. The van der Waals surface area contributed by atoms with Gasteiger partial charge in [-0.3, -0.25) is 4.79 Å². The van der Waals surface area contributed by atoms with Crippen LogP contribution in [0.2, 0.25) is 0 Å². The minimum Gasteiger partial charge on any atom is -0.493 e. The molecule has 0 radical (unpaired) electrons. The van der Waals surface area contributed by atoms with Crippen molar-refractivity contribution in [3.05, 3.63) is 58.1 Å². The summed E-state index contributed by atoms with van der Waals surface area (Å²) in [7, 11) is -3.94. The van der Waals surface area contributed by atoms with E-state index < -0.39 is 15.9 Å². The highest BCUT2D eigenvalue weighted by Gasteiger charge is 2.19. The zero-order valence-electron chi connectivity index (χ0n) is 15.0. The lowest BCUT2D eigenvalue weighted by molar-refractivity contribution is -0.118. The van der Waals surface area contributed by atoms with Crippen LogP contribution in [-0.2, 0) is 21.2 Å². The number of sulfonamides is 1. The second-order valence-electron chi connectivity index (χ2n) is 6.13. The average Bonchev–Trinajstić information content (AvgIpc) is 2.56. The normalized spacial score (nSPS) is 11.4. The molecule has 26 heavy (non-hydrogen) atoms. The molecule has 0 aromatic heterocycles. The summed E-state index contributed by atoms with van der Waals surface area (Å²) in [5.41, 5.74) is 1.93. The first kappa shape index (κ1) is 20.5. The number of carbonyl (C=O) groups excluding carboxylic acids is 1. The lowest BCUT2D eigenvalue weighted by Crippen LogP contribution is -2.31. The zero-order chi connectivity index (χ0) is 19.3. The Balaban J connectivity index is 2.08. The molecule has 0 heterocycles. The van der Waals surface area contributed by atoms with Crippen molar-refractivity contribution in [1.82, 2.24) is 4.72 Å². The number of benzene rings is 2. The minimum atomic E-state index is -3.94. The predicted molar refractivity (Wildman–Crippen MR) is 105 cm³/mol. The van der Waals surface area contributed by atoms with E-state index >= 15 is 0 Å². The molecule has 140 valence electrons. The fourth-order valence-electron chi connectivity index (χ4n) is 2.37. The Morgan fingerprint density at radius 2 is 1.81 bits per heavy atom. The number of ether oxygens (including phenoxy) is 1. The summed E-state index contributed by atoms with van der Waals surface area (Å²) < 4.78 is 32.8. The van der Waals surface area contributed by atoms with Crippen molar-refractivity contribution in [3.8, 4) is 5.75 Å². The van der Waals surface area contributed by atoms with Crippen molar-refractivity contribution in [2.24, 2.45) is 0 Å². The van der Waals surface area contributed by atoms with E-state index in [-0.39, 0.29) is 11.3 Å². The van der Waals surface area contributed by atoms with E-state index in [4.69, 9.17) is 4.74 Å². The summed E-state index contributed by atoms with van der Waals surface area (Å²) in [6.07, 6.45) is -0.00416. The molecule has 0 bridgehead atoms. The maximum Gasteiger partial charge on any atom is 0.264 e. The summed E-state index contributed by atoms with van der Waals surface area (Å²) in [6, 6.07) is 12.0. The topological polar surface area (TPSA) is 72.5 Å². The molecular weight excluding hydrogens is 418 g/mol. The number of hydrogen-bond donors (Lipinski definition) is 1. The fraction of sp³-hybridized carbons (Fsp3) is 0.316. The number of amides is 1. The van der Waals surface area contributed by atoms with Crippen molar-refractivity contribution in [3.63, 3.8) is 0 Å². The van der Waals surface area contributed by atoms with E-state index in [9.17, 15) is 13.2 Å². The Morgan fingerprint density at radius 1 is 1.15 bits per heavy atom. The van der Waals surface area contributed by atoms with E-state index in [1.807, 2.05) is 31.2 Å². The second kappa shape index (κ2) is 8.68. The van der Waals surface area contributed by atoms with Crippen LogP contribution in [0.25, 0.3) is 0 Å². The van der Waals surface area contributed by atoms with E-state index in [1.54, 1.807) is 6.07 Å². The van der Waals surface area contributed by atoms with Gasteiger partial charge in [-0.25, -0.2) is 13.1 Å². The van der Waals surface area contributed by atoms with Crippen molar-refractivity contribution >= 4 is 31.9 Å². The van der Waals surface area contributed by atoms with Gasteiger partial charge in [0.2, 0.25) is 5.91 Å². The molecule has 0 fully saturated rings. The first-order chi connectivity index (χ1) is 12.2. The number of carbonyl (C=O) groups is 1. The molecule has 0 aliphatic carbocycles. The molecule has 0 aliphatic heterocycles. The predicted octanol–water partition coefficient (Wildman–Crippen LogP) is 4.02. The molecule has 0 saturated heterocycles. The van der Waals surface area contributed by atoms with Gasteiger partial charge in [0.05, 0.1) is 22.4 Å². The van der Waals surface area contributed by atoms with Crippen LogP contribution < -0.4 is 9.46 Å². The summed E-state index contributed by atoms with van der Waals surface area (Å²) >= 11 is 3.28. The summed E-state index contributed by atoms with van der Waals surface area (Å²) in [4.78, 5) is 12.1. The molecule has 1 N–H and O–H groups in total. The quantitative estimate of drug-likeness (QED) is 0.706. The highest BCUT2D eigenvalue weighted by atomic mass is 79.9. The first-order valence-electron chi connectivity index (χ1n) is 8.29. The summed E-state index contributed by atoms with van der Waals surface area (Å²) in [6.45, 7) is 6.48. The maximum absolute atomic E-state index is 12.4. The van der Waals surface area contributed by atoms with Gasteiger partial charge >= 0.3 is 0 Å². The molecule has 2 rings (SSSR count). The monoisotopic (exact) mass is 439 g/mol. The molecule has 0 spiro atoms. The van der Waals surface area contributed by atoms with Crippen LogP contribution in [-0.4, -0.2) is 20.9 Å². The molecule has 2 aromatic rings. The number of halogens is 1. The van der Waals surface area contributed by atoms with E-state index in [0.29, 0.717) is 22.7 Å². The van der Waals surface area contributed by atoms with Crippen LogP contribution in [0, 0.1) is 0 Å². The van der Waals surface area contributed by atoms with Crippen molar-refractivity contribution in [2.75, 3.05) is 6.61 Å². The molecule has 0 aliphatic rings. The number of hydrogen-bond acceptors (Lipinski definition) is 4. The van der Waals surface area contributed by atoms with E-state index in [1.165, 1.54) is 17.7 Å². The van der Waals surface area contributed by atoms with Gasteiger partial charge in [0.15, 0.2) is 0 Å². The van der Waals surface area contributed by atoms with Gasteiger partial charge in [0, 0.05) is 0 Å². The Hall–Kier alpha value is -1.86. The van der Waals surface area contributed by atoms with Gasteiger partial charge in [-0.05, 0) is 58.1 Å². The van der Waals surface area contributed by atoms with Gasteiger partial charge in [-0.15, -0.1) is 0 Å².